The molecule has 4 atom stereocenters. The van der Waals surface area contributed by atoms with Crippen LogP contribution in [-0.2, 0) is 33.3 Å². The van der Waals surface area contributed by atoms with E-state index >= 15 is 0 Å². The van der Waals surface area contributed by atoms with Gasteiger partial charge < -0.3 is 24.1 Å². The Morgan fingerprint density at radius 1 is 1.13 bits per heavy atom. The largest absolute Gasteiger partial charge is 0.461 e. The van der Waals surface area contributed by atoms with E-state index in [4.69, 9.17) is 30.5 Å². The number of fused-ring (bicyclic) bond motifs is 1. The predicted molar refractivity (Wildman–Crippen MR) is 112 cm³/mol. The van der Waals surface area contributed by atoms with Crippen LogP contribution in [0.5, 0.6) is 0 Å². The number of carbonyl (C=O) groups excluding carboxylic acids is 3. The number of ether oxygens (including phenoxy) is 4. The van der Waals surface area contributed by atoms with E-state index in [0.29, 0.717) is 11.1 Å². The normalized spacial score (nSPS) is 27.2. The van der Waals surface area contributed by atoms with E-state index in [0.717, 1.165) is 0 Å². The molecule has 9 heteroatoms. The zero-order valence-electron chi connectivity index (χ0n) is 18.6. The van der Waals surface area contributed by atoms with Crippen LogP contribution < -0.4 is 0 Å². The maximum atomic E-state index is 12.3. The lowest BCUT2D eigenvalue weighted by molar-refractivity contribution is -0.203. The van der Waals surface area contributed by atoms with Crippen LogP contribution in [0.1, 0.15) is 47.5 Å². The molecule has 0 unspecified atom stereocenters. The molecule has 1 N–H and O–H groups in total. The topological polar surface area (TPSA) is 108 Å². The fraction of sp³-hybridized carbons (Fsp3) is 0.682. The first-order valence-corrected chi connectivity index (χ1v) is 10.9. The number of hydrogen-bond donors (Lipinski definition) is 1. The van der Waals surface area contributed by atoms with Crippen molar-refractivity contribution in [2.24, 2.45) is 17.8 Å². The van der Waals surface area contributed by atoms with Crippen molar-refractivity contribution in [2.75, 3.05) is 12.5 Å². The van der Waals surface area contributed by atoms with Gasteiger partial charge in [-0.3, -0.25) is 14.4 Å². The summed E-state index contributed by atoms with van der Waals surface area (Å²) in [6, 6.07) is 0. The Bertz CT molecular complexity index is 757. The lowest BCUT2D eigenvalue weighted by Crippen LogP contribution is -2.54. The molecule has 1 heterocycles. The van der Waals surface area contributed by atoms with Crippen molar-refractivity contribution in [1.82, 2.24) is 0 Å². The van der Waals surface area contributed by atoms with Crippen LogP contribution in [0.2, 0.25) is 0 Å². The molecule has 0 aromatic rings. The van der Waals surface area contributed by atoms with Crippen LogP contribution in [-0.4, -0.2) is 53.5 Å². The van der Waals surface area contributed by atoms with Gasteiger partial charge in [0.2, 0.25) is 0 Å². The van der Waals surface area contributed by atoms with Crippen molar-refractivity contribution < 1.29 is 38.4 Å². The van der Waals surface area contributed by atoms with Crippen molar-refractivity contribution in [3.8, 4) is 0 Å². The minimum absolute atomic E-state index is 0.0698. The number of alkyl halides is 1. The third kappa shape index (κ3) is 6.23. The van der Waals surface area contributed by atoms with Gasteiger partial charge in [0.15, 0.2) is 6.10 Å². The minimum atomic E-state index is -1.78. The molecule has 0 amide bonds. The molecule has 174 valence electrons. The Hall–Kier alpha value is -2.06. The van der Waals surface area contributed by atoms with Gasteiger partial charge in [0.25, 0.3) is 6.29 Å². The summed E-state index contributed by atoms with van der Waals surface area (Å²) in [5, 5.41) is 11.4. The van der Waals surface area contributed by atoms with E-state index in [2.05, 4.69) is 0 Å². The third-order valence-corrected chi connectivity index (χ3v) is 5.41. The molecule has 31 heavy (non-hydrogen) atoms. The van der Waals surface area contributed by atoms with Gasteiger partial charge in [-0.05, 0) is 23.5 Å². The zero-order chi connectivity index (χ0) is 23.3. The van der Waals surface area contributed by atoms with E-state index in [1.807, 2.05) is 27.7 Å². The van der Waals surface area contributed by atoms with Gasteiger partial charge in [-0.2, -0.15) is 0 Å². The van der Waals surface area contributed by atoms with Gasteiger partial charge in [-0.15, -0.1) is 11.6 Å². The van der Waals surface area contributed by atoms with Crippen LogP contribution in [0.3, 0.4) is 0 Å². The first kappa shape index (κ1) is 25.2. The fourth-order valence-electron chi connectivity index (χ4n) is 3.56. The van der Waals surface area contributed by atoms with E-state index in [-0.39, 0.29) is 37.2 Å². The molecule has 2 rings (SSSR count). The fourth-order valence-corrected chi connectivity index (χ4v) is 3.88. The monoisotopic (exact) mass is 458 g/mol. The Balaban J connectivity index is 2.35. The number of rotatable bonds is 9. The summed E-state index contributed by atoms with van der Waals surface area (Å²) in [5.41, 5.74) is -0.815. The Labute approximate surface area is 187 Å². The second kappa shape index (κ2) is 10.5. The smallest absolute Gasteiger partial charge is 0.309 e. The van der Waals surface area contributed by atoms with Crippen LogP contribution >= 0.6 is 11.6 Å². The van der Waals surface area contributed by atoms with Crippen LogP contribution in [0.25, 0.3) is 0 Å². The summed E-state index contributed by atoms with van der Waals surface area (Å²) in [4.78, 5) is 35.8. The standard InChI is InChI=1S/C22H31ClO8/c1-12(2)6-18(25)30-17-8-16-15(9-28-14(5)24)10-29-21(20(16)22(17,27)11-23)31-19(26)7-13(3)4/h8,10,12-13,17,20-21,27H,6-7,9,11H2,1-5H3/t17-,20+,21-,22+/m1/s1. The molecule has 8 nitrogen and oxygen atoms in total. The third-order valence-electron chi connectivity index (χ3n) is 4.99. The average Bonchev–Trinajstić information content (AvgIpc) is 2.93. The van der Waals surface area contributed by atoms with E-state index in [1.54, 1.807) is 6.08 Å². The number of halogens is 1. The van der Waals surface area contributed by atoms with Crippen molar-refractivity contribution in [3.05, 3.63) is 23.5 Å². The van der Waals surface area contributed by atoms with Crippen LogP contribution in [0.15, 0.2) is 23.5 Å². The number of hydrogen-bond acceptors (Lipinski definition) is 8. The minimum Gasteiger partial charge on any atom is -0.461 e. The molecule has 0 saturated carbocycles. The number of carbonyl (C=O) groups is 3. The first-order chi connectivity index (χ1) is 14.5. The zero-order valence-corrected chi connectivity index (χ0v) is 19.3. The summed E-state index contributed by atoms with van der Waals surface area (Å²) in [7, 11) is 0. The maximum absolute atomic E-state index is 12.3. The summed E-state index contributed by atoms with van der Waals surface area (Å²) < 4.78 is 21.7. The lowest BCUT2D eigenvalue weighted by atomic mass is 9.82. The van der Waals surface area contributed by atoms with Gasteiger partial charge in [0.05, 0.1) is 18.1 Å². The summed E-state index contributed by atoms with van der Waals surface area (Å²) in [6.07, 6.45) is 0.975. The number of aliphatic hydroxyl groups is 1. The van der Waals surface area contributed by atoms with Gasteiger partial charge in [0, 0.05) is 25.3 Å². The van der Waals surface area contributed by atoms with Crippen molar-refractivity contribution in [2.45, 2.75) is 65.5 Å². The van der Waals surface area contributed by atoms with Gasteiger partial charge in [-0.1, -0.05) is 27.7 Å². The van der Waals surface area contributed by atoms with E-state index in [1.165, 1.54) is 13.2 Å². The van der Waals surface area contributed by atoms with Gasteiger partial charge >= 0.3 is 17.9 Å². The molecular weight excluding hydrogens is 428 g/mol. The first-order valence-electron chi connectivity index (χ1n) is 10.3. The maximum Gasteiger partial charge on any atom is 0.309 e. The number of esters is 3. The second-order valence-electron chi connectivity index (χ2n) is 8.75. The molecule has 2 aliphatic rings. The van der Waals surface area contributed by atoms with Crippen molar-refractivity contribution >= 4 is 29.5 Å². The second-order valence-corrected chi connectivity index (χ2v) is 9.02. The highest BCUT2D eigenvalue weighted by Gasteiger charge is 2.58. The molecule has 0 spiro atoms. The molecule has 0 radical (unpaired) electrons. The van der Waals surface area contributed by atoms with Gasteiger partial charge in [0.1, 0.15) is 12.2 Å². The SMILES string of the molecule is CC(=O)OCC1=CO[C@H](OC(=O)CC(C)C)[C@@H]2C1=C[C@@H](OC(=O)CC(C)C)[C@@]2(O)CCl. The molecule has 0 fully saturated rings. The van der Waals surface area contributed by atoms with Gasteiger partial charge in [-0.25, -0.2) is 0 Å². The highest BCUT2D eigenvalue weighted by atomic mass is 35.5. The predicted octanol–water partition coefficient (Wildman–Crippen LogP) is 2.86. The summed E-state index contributed by atoms with van der Waals surface area (Å²) in [6.45, 7) is 8.66. The molecule has 1 aliphatic carbocycles. The average molecular weight is 459 g/mol. The molecule has 0 bridgehead atoms. The lowest BCUT2D eigenvalue weighted by Gasteiger charge is -2.39. The molecule has 0 aromatic carbocycles. The highest BCUT2D eigenvalue weighted by Crippen LogP contribution is 2.47. The van der Waals surface area contributed by atoms with Crippen molar-refractivity contribution in [1.29, 1.82) is 0 Å². The van der Waals surface area contributed by atoms with Crippen LogP contribution in [0.4, 0.5) is 0 Å². The Kier molecular flexibility index (Phi) is 8.54. The molecular formula is C22H31ClO8. The van der Waals surface area contributed by atoms with Crippen molar-refractivity contribution in [3.63, 3.8) is 0 Å². The van der Waals surface area contributed by atoms with Crippen LogP contribution in [0, 0.1) is 17.8 Å². The summed E-state index contributed by atoms with van der Waals surface area (Å²) >= 11 is 6.14. The molecule has 0 saturated heterocycles. The summed E-state index contributed by atoms with van der Waals surface area (Å²) in [5.74, 6) is -2.56. The Morgan fingerprint density at radius 3 is 2.23 bits per heavy atom. The highest BCUT2D eigenvalue weighted by molar-refractivity contribution is 6.18. The van der Waals surface area contributed by atoms with E-state index in [9.17, 15) is 19.5 Å². The van der Waals surface area contributed by atoms with E-state index < -0.39 is 41.8 Å². The molecule has 1 aliphatic heterocycles. The quantitative estimate of drug-likeness (QED) is 0.319. The molecule has 0 aromatic heterocycles. The Morgan fingerprint density at radius 2 is 1.71 bits per heavy atom.